The average Bonchev–Trinajstić information content (AvgIpc) is 3.21. The number of hydrogen-bond donors (Lipinski definition) is 1. The van der Waals surface area contributed by atoms with Gasteiger partial charge in [0.05, 0.1) is 18.0 Å². The molecule has 1 unspecified atom stereocenters. The van der Waals surface area contributed by atoms with Crippen LogP contribution in [0.1, 0.15) is 27.8 Å². The summed E-state index contributed by atoms with van der Waals surface area (Å²) in [5.41, 5.74) is 4.00. The fourth-order valence-corrected chi connectivity index (χ4v) is 3.28. The molecule has 0 bridgehead atoms. The number of nitrogens with zero attached hydrogens (tertiary/aromatic N) is 3. The van der Waals surface area contributed by atoms with Crippen molar-refractivity contribution >= 4 is 5.91 Å². The van der Waals surface area contributed by atoms with Crippen molar-refractivity contribution in [2.75, 3.05) is 20.3 Å². The number of hydrogen-bond acceptors (Lipinski definition) is 4. The predicted octanol–water partition coefficient (Wildman–Crippen LogP) is 2.66. The van der Waals surface area contributed by atoms with Crippen LogP contribution in [-0.4, -0.2) is 46.2 Å². The molecular weight excluding hydrogens is 316 g/mol. The largest absolute Gasteiger partial charge is 0.383 e. The van der Waals surface area contributed by atoms with Gasteiger partial charge >= 0.3 is 0 Å². The number of ether oxygens (including phenoxy) is 1. The van der Waals surface area contributed by atoms with Crippen LogP contribution in [0.2, 0.25) is 0 Å². The zero-order chi connectivity index (χ0) is 17.2. The lowest BCUT2D eigenvalue weighted by atomic mass is 9.99. The fourth-order valence-electron chi connectivity index (χ4n) is 3.28. The number of fused-ring (bicyclic) bond motifs is 1. The first kappa shape index (κ1) is 15.5. The molecule has 1 atom stereocenters. The molecule has 0 saturated carbocycles. The molecule has 1 aliphatic heterocycles. The van der Waals surface area contributed by atoms with Crippen molar-refractivity contribution in [3.8, 4) is 11.3 Å². The molecule has 3 heterocycles. The van der Waals surface area contributed by atoms with Crippen molar-refractivity contribution in [2.24, 2.45) is 0 Å². The van der Waals surface area contributed by atoms with Gasteiger partial charge in [0.1, 0.15) is 11.7 Å². The first-order chi connectivity index (χ1) is 12.3. The van der Waals surface area contributed by atoms with Crippen molar-refractivity contribution in [3.63, 3.8) is 0 Å². The van der Waals surface area contributed by atoms with E-state index in [-0.39, 0.29) is 11.9 Å². The molecule has 2 aromatic heterocycles. The van der Waals surface area contributed by atoms with Crippen LogP contribution in [0.15, 0.2) is 54.7 Å². The second-order valence-electron chi connectivity index (χ2n) is 5.88. The Morgan fingerprint density at radius 2 is 1.96 bits per heavy atom. The zero-order valence-corrected chi connectivity index (χ0v) is 13.8. The Morgan fingerprint density at radius 1 is 1.16 bits per heavy atom. The third-order valence-corrected chi connectivity index (χ3v) is 4.42. The Morgan fingerprint density at radius 3 is 2.68 bits per heavy atom. The molecule has 0 saturated heterocycles. The van der Waals surface area contributed by atoms with Crippen LogP contribution in [0.3, 0.4) is 0 Å². The molecule has 0 spiro atoms. The summed E-state index contributed by atoms with van der Waals surface area (Å²) in [6.45, 7) is 0.959. The molecule has 25 heavy (non-hydrogen) atoms. The molecule has 6 nitrogen and oxygen atoms in total. The van der Waals surface area contributed by atoms with Gasteiger partial charge in [-0.05, 0) is 12.1 Å². The van der Waals surface area contributed by atoms with Gasteiger partial charge in [-0.2, -0.15) is 5.10 Å². The Balaban J connectivity index is 1.86. The van der Waals surface area contributed by atoms with Gasteiger partial charge < -0.3 is 9.64 Å². The van der Waals surface area contributed by atoms with E-state index in [0.29, 0.717) is 18.8 Å². The molecule has 0 aliphatic carbocycles. The van der Waals surface area contributed by atoms with Gasteiger partial charge in [-0.3, -0.25) is 14.9 Å². The predicted molar refractivity (Wildman–Crippen MR) is 93.0 cm³/mol. The number of H-pyrrole nitrogens is 1. The van der Waals surface area contributed by atoms with E-state index in [2.05, 4.69) is 15.2 Å². The van der Waals surface area contributed by atoms with Crippen LogP contribution >= 0.6 is 0 Å². The number of aromatic amines is 1. The van der Waals surface area contributed by atoms with E-state index < -0.39 is 0 Å². The number of benzene rings is 1. The first-order valence-corrected chi connectivity index (χ1v) is 8.15. The molecule has 6 heteroatoms. The van der Waals surface area contributed by atoms with Gasteiger partial charge in [-0.1, -0.05) is 36.4 Å². The first-order valence-electron chi connectivity index (χ1n) is 8.15. The van der Waals surface area contributed by atoms with E-state index in [1.54, 1.807) is 18.2 Å². The number of pyridine rings is 1. The maximum absolute atomic E-state index is 12.9. The second kappa shape index (κ2) is 6.49. The number of nitrogens with one attached hydrogen (secondary N) is 1. The quantitative estimate of drug-likeness (QED) is 0.779. The monoisotopic (exact) mass is 334 g/mol. The topological polar surface area (TPSA) is 71.1 Å². The van der Waals surface area contributed by atoms with Gasteiger partial charge in [0.2, 0.25) is 0 Å². The van der Waals surface area contributed by atoms with Gasteiger partial charge in [-0.15, -0.1) is 0 Å². The summed E-state index contributed by atoms with van der Waals surface area (Å²) < 4.78 is 5.19. The lowest BCUT2D eigenvalue weighted by Crippen LogP contribution is -2.32. The van der Waals surface area contributed by atoms with Crippen molar-refractivity contribution in [3.05, 3.63) is 71.7 Å². The number of carbonyl (C=O) groups excluding carboxylic acids is 1. The zero-order valence-electron chi connectivity index (χ0n) is 13.8. The molecule has 126 valence electrons. The lowest BCUT2D eigenvalue weighted by molar-refractivity contribution is 0.0674. The minimum Gasteiger partial charge on any atom is -0.383 e. The summed E-state index contributed by atoms with van der Waals surface area (Å²) in [6.07, 6.45) is 1.74. The van der Waals surface area contributed by atoms with Crippen molar-refractivity contribution < 1.29 is 9.53 Å². The van der Waals surface area contributed by atoms with Crippen LogP contribution in [0.4, 0.5) is 0 Å². The number of amides is 1. The van der Waals surface area contributed by atoms with E-state index in [9.17, 15) is 4.79 Å². The highest BCUT2D eigenvalue weighted by atomic mass is 16.5. The van der Waals surface area contributed by atoms with Crippen molar-refractivity contribution in [1.82, 2.24) is 20.1 Å². The minimum absolute atomic E-state index is 0.0719. The molecular formula is C19H18N4O2. The summed E-state index contributed by atoms with van der Waals surface area (Å²) >= 11 is 0. The smallest absolute Gasteiger partial charge is 0.273 e. The second-order valence-corrected chi connectivity index (χ2v) is 5.88. The Kier molecular flexibility index (Phi) is 4.03. The summed E-state index contributed by atoms with van der Waals surface area (Å²) in [5.74, 6) is -0.0719. The Hall–Kier alpha value is -2.99. The van der Waals surface area contributed by atoms with Crippen LogP contribution in [0.5, 0.6) is 0 Å². The number of aromatic nitrogens is 3. The molecule has 1 aliphatic rings. The van der Waals surface area contributed by atoms with E-state index in [0.717, 1.165) is 22.5 Å². The third-order valence-electron chi connectivity index (χ3n) is 4.42. The molecule has 4 rings (SSSR count). The van der Waals surface area contributed by atoms with Gasteiger partial charge in [-0.25, -0.2) is 0 Å². The Labute approximate surface area is 145 Å². The molecule has 0 radical (unpaired) electrons. The normalized spacial score (nSPS) is 16.3. The highest BCUT2D eigenvalue weighted by Gasteiger charge is 2.42. The lowest BCUT2D eigenvalue weighted by Gasteiger charge is -2.25. The summed E-state index contributed by atoms with van der Waals surface area (Å²) in [4.78, 5) is 19.2. The van der Waals surface area contributed by atoms with Gasteiger partial charge in [0.15, 0.2) is 0 Å². The van der Waals surface area contributed by atoms with Gasteiger partial charge in [0, 0.05) is 31.0 Å². The highest BCUT2D eigenvalue weighted by Crippen LogP contribution is 2.41. The van der Waals surface area contributed by atoms with Crippen molar-refractivity contribution in [2.45, 2.75) is 6.04 Å². The summed E-state index contributed by atoms with van der Waals surface area (Å²) in [6, 6.07) is 15.3. The fraction of sp³-hybridized carbons (Fsp3) is 0.211. The van der Waals surface area contributed by atoms with Crippen LogP contribution in [0, 0.1) is 0 Å². The molecule has 3 aromatic rings. The third kappa shape index (κ3) is 2.60. The van der Waals surface area contributed by atoms with E-state index >= 15 is 0 Å². The highest BCUT2D eigenvalue weighted by molar-refractivity contribution is 6.00. The number of carbonyl (C=O) groups is 1. The van der Waals surface area contributed by atoms with E-state index in [4.69, 9.17) is 4.74 Å². The average molecular weight is 334 g/mol. The Bertz CT molecular complexity index is 877. The SMILES string of the molecule is COCCN1C(=O)c2[nH]nc(-c3ccccc3)c2C1c1ccccn1. The maximum atomic E-state index is 12.9. The standard InChI is InChI=1S/C19H18N4O2/c1-25-12-11-23-18(14-9-5-6-10-20-14)15-16(13-7-3-2-4-8-13)21-22-17(15)19(23)24/h2-10,18H,11-12H2,1H3,(H,21,22). The summed E-state index contributed by atoms with van der Waals surface area (Å²) in [5, 5.41) is 7.35. The van der Waals surface area contributed by atoms with Crippen molar-refractivity contribution in [1.29, 1.82) is 0 Å². The number of rotatable bonds is 5. The van der Waals surface area contributed by atoms with Crippen LogP contribution in [0.25, 0.3) is 11.3 Å². The maximum Gasteiger partial charge on any atom is 0.273 e. The molecule has 1 N–H and O–H groups in total. The minimum atomic E-state index is -0.271. The van der Waals surface area contributed by atoms with Crippen LogP contribution < -0.4 is 0 Å². The van der Waals surface area contributed by atoms with E-state index in [1.807, 2.05) is 48.5 Å². The van der Waals surface area contributed by atoms with E-state index in [1.165, 1.54) is 0 Å². The number of methoxy groups -OCH3 is 1. The van der Waals surface area contributed by atoms with Crippen LogP contribution in [-0.2, 0) is 4.74 Å². The van der Waals surface area contributed by atoms with Gasteiger partial charge in [0.25, 0.3) is 5.91 Å². The molecule has 0 fully saturated rings. The summed E-state index contributed by atoms with van der Waals surface area (Å²) in [7, 11) is 1.63. The molecule has 1 amide bonds. The molecule has 1 aromatic carbocycles.